The lowest BCUT2D eigenvalue weighted by molar-refractivity contribution is 0.473. The maximum absolute atomic E-state index is 5.42. The average molecular weight is 188 g/mol. The van der Waals surface area contributed by atoms with Gasteiger partial charge >= 0.3 is 0 Å². The Kier molecular flexibility index (Phi) is 7.40. The maximum Gasteiger partial charge on any atom is 0.0914 e. The monoisotopic (exact) mass is 188 g/mol. The molecular formula is C9H20N2S. The van der Waals surface area contributed by atoms with E-state index in [1.807, 2.05) is 7.05 Å². The minimum Gasteiger partial charge on any atom is -0.368 e. The van der Waals surface area contributed by atoms with E-state index in [-0.39, 0.29) is 0 Å². The van der Waals surface area contributed by atoms with Crippen molar-refractivity contribution in [3.05, 3.63) is 0 Å². The molecule has 0 atom stereocenters. The number of hydrogen-bond donors (Lipinski definition) is 1. The van der Waals surface area contributed by atoms with E-state index in [4.69, 9.17) is 18.0 Å². The number of thiocarbonyl (C=S) groups is 1. The van der Waals surface area contributed by atoms with Crippen molar-refractivity contribution in [3.8, 4) is 0 Å². The van der Waals surface area contributed by atoms with Crippen molar-refractivity contribution in [1.82, 2.24) is 4.90 Å². The van der Waals surface area contributed by atoms with Crippen molar-refractivity contribution in [1.29, 1.82) is 0 Å². The predicted octanol–water partition coefficient (Wildman–Crippen LogP) is 1.78. The highest BCUT2D eigenvalue weighted by Gasteiger charge is 2.00. The molecule has 0 unspecified atom stereocenters. The van der Waals surface area contributed by atoms with Gasteiger partial charge in [-0.3, -0.25) is 0 Å². The molecular weight excluding hydrogens is 168 g/mol. The van der Waals surface area contributed by atoms with E-state index in [2.05, 4.69) is 11.8 Å². The van der Waals surface area contributed by atoms with Crippen LogP contribution in [-0.2, 0) is 0 Å². The van der Waals surface area contributed by atoms with Crippen molar-refractivity contribution < 1.29 is 0 Å². The summed E-state index contributed by atoms with van der Waals surface area (Å²) in [6, 6.07) is 0. The van der Waals surface area contributed by atoms with Gasteiger partial charge in [0.05, 0.1) is 4.99 Å². The van der Waals surface area contributed by atoms with Gasteiger partial charge < -0.3 is 10.6 Å². The third-order valence-corrected chi connectivity index (χ3v) is 2.43. The van der Waals surface area contributed by atoms with Crippen LogP contribution in [0.2, 0.25) is 0 Å². The number of nitrogens with two attached hydrogens (primary N) is 1. The van der Waals surface area contributed by atoms with Crippen molar-refractivity contribution in [3.63, 3.8) is 0 Å². The van der Waals surface area contributed by atoms with E-state index in [0.717, 1.165) is 11.5 Å². The van der Waals surface area contributed by atoms with Crippen molar-refractivity contribution >= 4 is 17.2 Å². The second-order valence-corrected chi connectivity index (χ2v) is 3.55. The van der Waals surface area contributed by atoms with Gasteiger partial charge in [0, 0.05) is 20.1 Å². The van der Waals surface area contributed by atoms with Crippen molar-refractivity contribution in [2.24, 2.45) is 5.73 Å². The lowest BCUT2D eigenvalue weighted by Crippen LogP contribution is -2.31. The minimum absolute atomic E-state index is 0.500. The molecule has 0 fully saturated rings. The molecule has 2 nitrogen and oxygen atoms in total. The topological polar surface area (TPSA) is 29.3 Å². The first-order valence-electron chi connectivity index (χ1n) is 4.66. The Labute approximate surface area is 81.1 Å². The van der Waals surface area contributed by atoms with Crippen molar-refractivity contribution in [2.45, 2.75) is 32.6 Å². The standard InChI is InChI=1S/C9H20N2S/c1-3-4-5-6-7-11(2)9(12)8-10/h3-8,10H2,1-2H3. The fourth-order valence-electron chi connectivity index (χ4n) is 1.06. The van der Waals surface area contributed by atoms with Crippen LogP contribution >= 0.6 is 12.2 Å². The van der Waals surface area contributed by atoms with Gasteiger partial charge in [-0.25, -0.2) is 0 Å². The number of likely N-dealkylation sites (N-methyl/N-ethyl adjacent to an activating group) is 1. The van der Waals surface area contributed by atoms with Crippen LogP contribution in [0.3, 0.4) is 0 Å². The van der Waals surface area contributed by atoms with Crippen LogP contribution in [-0.4, -0.2) is 30.0 Å². The summed E-state index contributed by atoms with van der Waals surface area (Å²) in [6.45, 7) is 3.77. The zero-order valence-electron chi connectivity index (χ0n) is 8.18. The lowest BCUT2D eigenvalue weighted by atomic mass is 10.2. The molecule has 0 heterocycles. The van der Waals surface area contributed by atoms with Gasteiger partial charge in [-0.05, 0) is 6.42 Å². The van der Waals surface area contributed by atoms with E-state index in [0.29, 0.717) is 6.54 Å². The zero-order valence-corrected chi connectivity index (χ0v) is 8.99. The van der Waals surface area contributed by atoms with Gasteiger partial charge in [0.2, 0.25) is 0 Å². The number of hydrogen-bond acceptors (Lipinski definition) is 2. The van der Waals surface area contributed by atoms with Crippen LogP contribution in [0.1, 0.15) is 32.6 Å². The molecule has 0 aliphatic rings. The summed E-state index contributed by atoms with van der Waals surface area (Å²) < 4.78 is 0. The van der Waals surface area contributed by atoms with Gasteiger partial charge in [0.25, 0.3) is 0 Å². The Bertz CT molecular complexity index is 126. The second kappa shape index (κ2) is 7.50. The Morgan fingerprint density at radius 2 is 2.00 bits per heavy atom. The molecule has 0 aliphatic carbocycles. The normalized spacial score (nSPS) is 9.92. The second-order valence-electron chi connectivity index (χ2n) is 3.08. The summed E-state index contributed by atoms with van der Waals surface area (Å²) in [4.78, 5) is 2.94. The molecule has 3 heteroatoms. The molecule has 0 radical (unpaired) electrons. The molecule has 2 N–H and O–H groups in total. The zero-order chi connectivity index (χ0) is 9.40. The van der Waals surface area contributed by atoms with Crippen LogP contribution in [0.5, 0.6) is 0 Å². The summed E-state index contributed by atoms with van der Waals surface area (Å²) in [7, 11) is 2.02. The Morgan fingerprint density at radius 1 is 1.33 bits per heavy atom. The first-order valence-corrected chi connectivity index (χ1v) is 5.07. The third kappa shape index (κ3) is 5.49. The van der Waals surface area contributed by atoms with Gasteiger partial charge in [0.15, 0.2) is 0 Å². The minimum atomic E-state index is 0.500. The maximum atomic E-state index is 5.42. The summed E-state index contributed by atoms with van der Waals surface area (Å²) in [6.07, 6.45) is 5.13. The number of unbranched alkanes of at least 4 members (excludes halogenated alkanes) is 3. The Hall–Kier alpha value is -0.150. The van der Waals surface area contributed by atoms with E-state index >= 15 is 0 Å². The lowest BCUT2D eigenvalue weighted by Gasteiger charge is -2.18. The summed E-state index contributed by atoms with van der Waals surface area (Å²) in [5, 5.41) is 0. The molecule has 0 saturated carbocycles. The summed E-state index contributed by atoms with van der Waals surface area (Å²) in [5.41, 5.74) is 5.42. The fraction of sp³-hybridized carbons (Fsp3) is 0.889. The third-order valence-electron chi connectivity index (χ3n) is 1.95. The van der Waals surface area contributed by atoms with Crippen LogP contribution < -0.4 is 5.73 Å². The highest BCUT2D eigenvalue weighted by Crippen LogP contribution is 2.00. The SMILES string of the molecule is CCCCCCN(C)C(=S)CN. The van der Waals surface area contributed by atoms with Crippen LogP contribution in [0.4, 0.5) is 0 Å². The molecule has 12 heavy (non-hydrogen) atoms. The van der Waals surface area contributed by atoms with Gasteiger partial charge in [-0.15, -0.1) is 0 Å². The highest BCUT2D eigenvalue weighted by molar-refractivity contribution is 7.80. The van der Waals surface area contributed by atoms with Gasteiger partial charge in [-0.2, -0.15) is 0 Å². The molecule has 0 bridgehead atoms. The van der Waals surface area contributed by atoms with E-state index < -0.39 is 0 Å². The smallest absolute Gasteiger partial charge is 0.0914 e. The molecule has 0 aromatic carbocycles. The molecule has 0 aromatic rings. The Morgan fingerprint density at radius 3 is 2.50 bits per heavy atom. The fourth-order valence-corrected chi connectivity index (χ4v) is 1.15. The van der Waals surface area contributed by atoms with Gasteiger partial charge in [-0.1, -0.05) is 38.4 Å². The molecule has 0 spiro atoms. The van der Waals surface area contributed by atoms with E-state index in [1.54, 1.807) is 0 Å². The van der Waals surface area contributed by atoms with Crippen LogP contribution in [0, 0.1) is 0 Å². The molecule has 0 saturated heterocycles. The van der Waals surface area contributed by atoms with Crippen LogP contribution in [0.15, 0.2) is 0 Å². The van der Waals surface area contributed by atoms with Crippen LogP contribution in [0.25, 0.3) is 0 Å². The molecule has 72 valence electrons. The molecule has 0 aliphatic heterocycles. The summed E-state index contributed by atoms with van der Waals surface area (Å²) in [5.74, 6) is 0. The Balaban J connectivity index is 3.31. The van der Waals surface area contributed by atoms with E-state index in [9.17, 15) is 0 Å². The number of rotatable bonds is 6. The molecule has 0 aromatic heterocycles. The first kappa shape index (κ1) is 11.8. The first-order chi connectivity index (χ1) is 5.72. The average Bonchev–Trinajstić information content (AvgIpc) is 2.10. The predicted molar refractivity (Wildman–Crippen MR) is 58.4 cm³/mol. The largest absolute Gasteiger partial charge is 0.368 e. The number of nitrogens with zero attached hydrogens (tertiary/aromatic N) is 1. The quantitative estimate of drug-likeness (QED) is 0.509. The highest BCUT2D eigenvalue weighted by atomic mass is 32.1. The molecule has 0 rings (SSSR count). The molecule has 0 amide bonds. The van der Waals surface area contributed by atoms with Gasteiger partial charge in [0.1, 0.15) is 0 Å². The van der Waals surface area contributed by atoms with Crippen molar-refractivity contribution in [2.75, 3.05) is 20.1 Å². The summed E-state index contributed by atoms with van der Waals surface area (Å²) >= 11 is 5.06. The van der Waals surface area contributed by atoms with E-state index in [1.165, 1.54) is 25.7 Å².